The molecule has 129 heavy (non-hydrogen) atoms. The Bertz CT molecular complexity index is 2820. The molecule has 0 amide bonds. The molecule has 1 aliphatic rings. The van der Waals surface area contributed by atoms with Crippen molar-refractivity contribution >= 4 is 105 Å². The van der Waals surface area contributed by atoms with Crippen LogP contribution in [-0.2, 0) is 51.7 Å². The summed E-state index contributed by atoms with van der Waals surface area (Å²) in [4.78, 5) is 36.1. The third-order valence-corrected chi connectivity index (χ3v) is 17.0. The molecule has 0 bridgehead atoms. The van der Waals surface area contributed by atoms with Gasteiger partial charge in [-0.25, -0.2) is 19.1 Å². The normalized spacial score (nSPS) is 16.2. The van der Waals surface area contributed by atoms with Gasteiger partial charge in [-0.3, -0.25) is 0 Å². The summed E-state index contributed by atoms with van der Waals surface area (Å²) in [6, 6.07) is 26.5. The SMILES string of the molecule is CP.[2H]C[C@H](CO)O[C@@H]([B]CCC)CO.[2H]C[C@H](CO)O[C@@H]([B]CCC)CO.[2H]C[C@H](CO)O[C@@H]([B]CCC)COC(=O)c1ccccc1.[2H]C[C@H](CO)O[C@@H]([B]CCC)COC(=O)c1ccccc1.[2H]C[C@H](COP(OCCC#N)N(C(C)C)C(C)C)O[C@@H]([B]CCC)COC(=O)c1ccccc1.[2H]C[C@H]1O[C@@H]([B]CCC)[C@@H](O)C1O.[3H]OC.[3H]OC.[3H]OC.[3H]OC.[3H]OC.[3H]OC.[B].[B].[B].[Pr].[Pr].[Pr]. The molecule has 1 fully saturated rings. The smallest absolute Gasteiger partial charge is 0.338 e. The van der Waals surface area contributed by atoms with Gasteiger partial charge >= 0.3 is 17.9 Å². The Morgan fingerprint density at radius 2 is 0.729 bits per heavy atom. The van der Waals surface area contributed by atoms with E-state index < -0.39 is 99.3 Å². The van der Waals surface area contributed by atoms with E-state index in [0.29, 0.717) is 16.7 Å². The van der Waals surface area contributed by atoms with Gasteiger partial charge in [-0.2, -0.15) is 5.26 Å². The fourth-order valence-electron chi connectivity index (χ4n) is 9.25. The van der Waals surface area contributed by atoms with Crippen LogP contribution in [0.1, 0.15) is 195 Å². The number of esters is 3. The molecule has 1 saturated heterocycles. The van der Waals surface area contributed by atoms with Crippen molar-refractivity contribution in [3.8, 4) is 6.07 Å². The Balaban J connectivity index is -0.000000102. The van der Waals surface area contributed by atoms with Gasteiger partial charge in [-0.15, -0.1) is 9.24 Å². The van der Waals surface area contributed by atoms with E-state index in [4.69, 9.17) is 104 Å². The van der Waals surface area contributed by atoms with E-state index in [9.17, 15) is 24.6 Å². The number of carbonyl (C=O) groups excluding carboxylic acids is 3. The van der Waals surface area contributed by atoms with Crippen LogP contribution < -0.4 is 0 Å². The van der Waals surface area contributed by atoms with E-state index in [2.05, 4.69) is 85.3 Å². The summed E-state index contributed by atoms with van der Waals surface area (Å²) in [6.07, 6.45) is 6.30. The van der Waals surface area contributed by atoms with Crippen LogP contribution in [0.25, 0.3) is 0 Å². The van der Waals surface area contributed by atoms with Crippen LogP contribution in [0.15, 0.2) is 91.0 Å². The quantitative estimate of drug-likeness (QED) is 0.00884. The summed E-state index contributed by atoms with van der Waals surface area (Å²) in [6.45, 7) is 22.2. The van der Waals surface area contributed by atoms with Crippen LogP contribution in [-0.4, -0.2) is 391 Å². The zero-order valence-electron chi connectivity index (χ0n) is 92.2. The van der Waals surface area contributed by atoms with Crippen molar-refractivity contribution in [2.24, 2.45) is 0 Å². The molecule has 16 atom stereocenters. The molecular weight excluding hydrogens is 2080 g/mol. The van der Waals surface area contributed by atoms with E-state index in [1.54, 1.807) is 72.8 Å². The van der Waals surface area contributed by atoms with Crippen molar-refractivity contribution in [3.05, 3.63) is 108 Å². The molecule has 3 aromatic rings. The predicted octanol–water partition coefficient (Wildman–Crippen LogP) is 7.05. The van der Waals surface area contributed by atoms with Crippen molar-refractivity contribution in [2.45, 2.75) is 290 Å². The van der Waals surface area contributed by atoms with Crippen LogP contribution in [0.2, 0.25) is 37.9 Å². The van der Waals surface area contributed by atoms with Crippen LogP contribution >= 0.6 is 17.8 Å². The number of carbonyl (C=O) groups is 3. The summed E-state index contributed by atoms with van der Waals surface area (Å²) in [5.41, 5.74) is 1.47. The van der Waals surface area contributed by atoms with Crippen LogP contribution in [0.3, 0.4) is 0 Å². The van der Waals surface area contributed by atoms with E-state index in [1.807, 2.05) is 103 Å². The van der Waals surface area contributed by atoms with Crippen molar-refractivity contribution in [1.29, 1.82) is 13.8 Å². The second-order valence-electron chi connectivity index (χ2n) is 25.6. The van der Waals surface area contributed by atoms with E-state index in [-0.39, 0.29) is 294 Å². The van der Waals surface area contributed by atoms with Crippen molar-refractivity contribution in [1.82, 2.24) is 4.67 Å². The van der Waals surface area contributed by atoms with Gasteiger partial charge < -0.3 is 123 Å². The Kier molecular flexibility index (Phi) is 128. The molecule has 14 N–H and O–H groups in total. The minimum Gasteiger partial charge on any atom is -0.460 e. The fraction of sp³-hybridized carbons (Fsp3) is 0.741. The third-order valence-electron chi connectivity index (χ3n) is 14.9. The summed E-state index contributed by atoms with van der Waals surface area (Å²) >= 11 is 0. The molecule has 18 radical (unpaired) electrons. The molecule has 728 valence electrons. The Labute approximate surface area is 910 Å². The maximum Gasteiger partial charge on any atom is 0.338 e. The Morgan fingerprint density at radius 3 is 0.961 bits per heavy atom. The molecule has 0 spiro atoms. The summed E-state index contributed by atoms with van der Waals surface area (Å²) in [5.74, 6) is -1.21. The first kappa shape index (κ1) is 133. The Hall–Kier alpha value is 0.175. The van der Waals surface area contributed by atoms with Gasteiger partial charge in [0.1, 0.15) is 32.0 Å². The molecule has 44 heteroatoms. The molecule has 0 saturated carbocycles. The number of rotatable bonds is 52. The average Bonchev–Trinajstić information content (AvgIpc) is 1.70. The third kappa shape index (κ3) is 96.8. The number of hydrogen-bond acceptors (Lipinski definition) is 30. The second-order valence-corrected chi connectivity index (χ2v) is 27.0. The van der Waals surface area contributed by atoms with Crippen LogP contribution in [0, 0.1) is 135 Å². The van der Waals surface area contributed by atoms with Crippen molar-refractivity contribution in [2.75, 3.05) is 122 Å². The molecule has 30 nitrogen and oxygen atoms in total. The van der Waals surface area contributed by atoms with Crippen LogP contribution in [0.4, 0.5) is 0 Å². The molecule has 1 heterocycles. The first-order valence-corrected chi connectivity index (χ1v) is 43.4. The van der Waals surface area contributed by atoms with Crippen molar-refractivity contribution in [3.63, 3.8) is 0 Å². The van der Waals surface area contributed by atoms with Crippen LogP contribution in [0.5, 0.6) is 0 Å². The molecule has 0 aromatic heterocycles. The minimum absolute atomic E-state index is 0. The van der Waals surface area contributed by atoms with E-state index in [1.165, 1.54) is 42.7 Å². The largest absolute Gasteiger partial charge is 0.460 e. The molecule has 3 aromatic carbocycles. The number of ether oxygens (including phenoxy) is 9. The van der Waals surface area contributed by atoms with Crippen molar-refractivity contribution < 1.29 is 270 Å². The number of aliphatic hydroxyl groups is 14. The van der Waals surface area contributed by atoms with Gasteiger partial charge in [0, 0.05) is 224 Å². The first-order valence-electron chi connectivity index (χ1n) is 47.8. The predicted molar refractivity (Wildman–Crippen MR) is 519 cm³/mol. The number of hydrogen-bond donors (Lipinski definition) is 14. The molecule has 3 unspecified atom stereocenters. The zero-order valence-corrected chi connectivity index (χ0v) is 93.4. The maximum atomic E-state index is 12.3. The molecule has 1 aliphatic heterocycles. The standard InChI is InChI=1S/C24H39BN2O5P.2C15H22BO4.C8H16BO3.2C8H18BO3.6CH4O.CH5P.3B.3Pr/c1-7-14-25-23(18-29-24(28)22-12-9-8-10-13-22)32-21(6)17-31-33(30-16-11-15-26)27(19(2)3)20(4)5;2*1-3-9-16-14(20-12(2)10-17)11-19-15(18)13-7-5-4-6-8-13;1-3-4-9-8-7(11)6(10)5(2)12-8;2*1-3-4-9-8(6-11)12-7(2)5-10;7*1-2;;;;;;/h8-10,12-13,19-21,23H,7,11,14,16-18H2,1-6H3;2*4-8,12,14,17H,3,9-11H2,1-2H3;5-8,10-11H,3-4H2,1-2H3;2*7-8,10-11H,3-6H2,1-2H3;6*2H,1H3;2H2,1H3;;;;;;/t21-,23-,33?;2*12-,14-;5-,6?,7+,8-;2*7-,8-;;;;;;;;;;;;;/m111111............./s1/i6D;5*2D;6*2T;;;;;;;. The van der Waals surface area contributed by atoms with Gasteiger partial charge in [0.15, 0.2) is 43.7 Å². The maximum absolute atomic E-state index is 12.3. The van der Waals surface area contributed by atoms with Gasteiger partial charge in [0.05, 0.1) is 143 Å². The number of benzene rings is 3. The second kappa shape index (κ2) is 124. The van der Waals surface area contributed by atoms with Gasteiger partial charge in [0.25, 0.3) is 8.53 Å². The molecule has 0 aliphatic carbocycles. The summed E-state index contributed by atoms with van der Waals surface area (Å²) in [7, 11) is 20.2. The molecular formula is C85H164B9N2O28P2Pr3. The monoisotopic (exact) mass is 2260 g/mol. The minimum atomic E-state index is -1.41. The molecule has 4 rings (SSSR count). The summed E-state index contributed by atoms with van der Waals surface area (Å²) < 4.78 is 141. The average molecular weight is 2260 g/mol. The first-order chi connectivity index (χ1) is 65.0. The number of nitrogens with zero attached hydrogens (tertiary/aromatic N) is 2. The van der Waals surface area contributed by atoms with Gasteiger partial charge in [0.2, 0.25) is 8.59 Å². The Morgan fingerprint density at radius 1 is 0.457 bits per heavy atom. The number of nitriles is 1. The van der Waals surface area contributed by atoms with E-state index >= 15 is 0 Å². The van der Waals surface area contributed by atoms with Gasteiger partial charge in [-0.1, -0.05) is 179 Å². The fourth-order valence-corrected chi connectivity index (χ4v) is 10.9. The van der Waals surface area contributed by atoms with Gasteiger partial charge in [-0.05, 0) is 105 Å². The summed E-state index contributed by atoms with van der Waals surface area (Å²) in [5, 5.41) is 102. The zero-order chi connectivity index (χ0) is 105. The van der Waals surface area contributed by atoms with E-state index in [0.717, 1.165) is 76.4 Å². The topological polar surface area (TPSA) is 463 Å². The number of aliphatic hydroxyl groups excluding tert-OH is 14.